The summed E-state index contributed by atoms with van der Waals surface area (Å²) in [6.45, 7) is 2.79. The summed E-state index contributed by atoms with van der Waals surface area (Å²) < 4.78 is 11.0. The van der Waals surface area contributed by atoms with Crippen LogP contribution < -0.4 is 10.1 Å². The first kappa shape index (κ1) is 15.3. The third kappa shape index (κ3) is 5.51. The predicted octanol–water partition coefficient (Wildman–Crippen LogP) is 3.18. The summed E-state index contributed by atoms with van der Waals surface area (Å²) in [7, 11) is 1.70. The second-order valence-electron chi connectivity index (χ2n) is 5.48. The zero-order valence-electron chi connectivity index (χ0n) is 12.6. The van der Waals surface area contributed by atoms with E-state index in [1.54, 1.807) is 7.11 Å². The normalized spacial score (nSPS) is 16.2. The molecule has 0 atom stereocenters. The summed E-state index contributed by atoms with van der Waals surface area (Å²) >= 11 is 0. The molecule has 0 radical (unpaired) electrons. The fourth-order valence-electron chi connectivity index (χ4n) is 2.68. The van der Waals surface area contributed by atoms with Gasteiger partial charge in [0.15, 0.2) is 0 Å². The maximum absolute atomic E-state index is 5.89. The van der Waals surface area contributed by atoms with Gasteiger partial charge in [0.1, 0.15) is 5.75 Å². The van der Waals surface area contributed by atoms with Gasteiger partial charge in [-0.1, -0.05) is 31.4 Å². The Morgan fingerprint density at radius 3 is 2.50 bits per heavy atom. The highest BCUT2D eigenvalue weighted by Crippen LogP contribution is 2.19. The van der Waals surface area contributed by atoms with E-state index in [4.69, 9.17) is 9.47 Å². The first-order valence-corrected chi connectivity index (χ1v) is 7.84. The lowest BCUT2D eigenvalue weighted by atomic mass is 9.98. The number of methoxy groups -OCH3 is 1. The van der Waals surface area contributed by atoms with E-state index in [1.165, 1.54) is 37.7 Å². The second kappa shape index (κ2) is 8.98. The molecule has 2 rings (SSSR count). The van der Waals surface area contributed by atoms with Gasteiger partial charge >= 0.3 is 0 Å². The van der Waals surface area contributed by atoms with Gasteiger partial charge in [-0.15, -0.1) is 0 Å². The van der Waals surface area contributed by atoms with Crippen molar-refractivity contribution in [2.45, 2.75) is 44.6 Å². The summed E-state index contributed by atoms with van der Waals surface area (Å²) in [6.07, 6.45) is 8.16. The summed E-state index contributed by atoms with van der Waals surface area (Å²) in [5.74, 6) is 0.919. The van der Waals surface area contributed by atoms with E-state index < -0.39 is 0 Å². The molecule has 1 saturated carbocycles. The summed E-state index contributed by atoms with van der Waals surface area (Å²) in [6, 6.07) is 8.28. The lowest BCUT2D eigenvalue weighted by Gasteiger charge is -2.22. The molecule has 1 aromatic rings. The lowest BCUT2D eigenvalue weighted by molar-refractivity contribution is 0.0304. The van der Waals surface area contributed by atoms with E-state index in [0.29, 0.717) is 6.10 Å². The molecule has 1 N–H and O–H groups in total. The molecule has 1 aromatic carbocycles. The Morgan fingerprint density at radius 1 is 1.05 bits per heavy atom. The standard InChI is InChI=1S/C17H27NO2/c1-19-16-9-7-15(8-10-16)11-12-18-13-14-20-17-5-3-2-4-6-17/h7-10,17-18H,2-6,11-14H2,1H3. The molecule has 0 bridgehead atoms. The van der Waals surface area contributed by atoms with Crippen LogP contribution >= 0.6 is 0 Å². The van der Waals surface area contributed by atoms with Crippen LogP contribution in [0.25, 0.3) is 0 Å². The van der Waals surface area contributed by atoms with Gasteiger partial charge in [0.25, 0.3) is 0 Å². The van der Waals surface area contributed by atoms with Crippen molar-refractivity contribution in [1.29, 1.82) is 0 Å². The molecule has 20 heavy (non-hydrogen) atoms. The topological polar surface area (TPSA) is 30.5 Å². The number of ether oxygens (including phenoxy) is 2. The fourth-order valence-corrected chi connectivity index (χ4v) is 2.68. The SMILES string of the molecule is COc1ccc(CCNCCOC2CCCCC2)cc1. The van der Waals surface area contributed by atoms with Crippen LogP contribution in [0.1, 0.15) is 37.7 Å². The van der Waals surface area contributed by atoms with Gasteiger partial charge < -0.3 is 14.8 Å². The van der Waals surface area contributed by atoms with E-state index in [-0.39, 0.29) is 0 Å². The van der Waals surface area contributed by atoms with Crippen molar-refractivity contribution >= 4 is 0 Å². The first-order valence-electron chi connectivity index (χ1n) is 7.84. The molecule has 0 aliphatic heterocycles. The summed E-state index contributed by atoms with van der Waals surface area (Å²) in [4.78, 5) is 0. The number of hydrogen-bond donors (Lipinski definition) is 1. The monoisotopic (exact) mass is 277 g/mol. The van der Waals surface area contributed by atoms with Crippen LogP contribution in [0.4, 0.5) is 0 Å². The number of rotatable bonds is 8. The molecule has 3 nitrogen and oxygen atoms in total. The van der Waals surface area contributed by atoms with Crippen LogP contribution in [0.2, 0.25) is 0 Å². The van der Waals surface area contributed by atoms with E-state index >= 15 is 0 Å². The number of nitrogens with one attached hydrogen (secondary N) is 1. The number of hydrogen-bond acceptors (Lipinski definition) is 3. The van der Waals surface area contributed by atoms with Crippen LogP contribution in [-0.2, 0) is 11.2 Å². The van der Waals surface area contributed by atoms with Crippen LogP contribution in [0.3, 0.4) is 0 Å². The van der Waals surface area contributed by atoms with Gasteiger partial charge in [0.2, 0.25) is 0 Å². The minimum atomic E-state index is 0.520. The average molecular weight is 277 g/mol. The van der Waals surface area contributed by atoms with E-state index in [1.807, 2.05) is 12.1 Å². The first-order chi connectivity index (χ1) is 9.88. The van der Waals surface area contributed by atoms with Crippen LogP contribution in [0, 0.1) is 0 Å². The van der Waals surface area contributed by atoms with Crippen molar-refractivity contribution < 1.29 is 9.47 Å². The Kier molecular flexibility index (Phi) is 6.89. The highest BCUT2D eigenvalue weighted by molar-refractivity contribution is 5.27. The Hall–Kier alpha value is -1.06. The van der Waals surface area contributed by atoms with E-state index in [9.17, 15) is 0 Å². The highest BCUT2D eigenvalue weighted by atomic mass is 16.5. The van der Waals surface area contributed by atoms with Gasteiger partial charge in [-0.3, -0.25) is 0 Å². The summed E-state index contributed by atoms with van der Waals surface area (Å²) in [5, 5.41) is 3.45. The Bertz CT molecular complexity index is 358. The van der Waals surface area contributed by atoms with Gasteiger partial charge in [0, 0.05) is 6.54 Å². The van der Waals surface area contributed by atoms with Crippen molar-refractivity contribution in [3.8, 4) is 5.75 Å². The van der Waals surface area contributed by atoms with Crippen molar-refractivity contribution in [1.82, 2.24) is 5.32 Å². The average Bonchev–Trinajstić information content (AvgIpc) is 2.52. The minimum absolute atomic E-state index is 0.520. The molecule has 0 heterocycles. The quantitative estimate of drug-likeness (QED) is 0.740. The van der Waals surface area contributed by atoms with Crippen molar-refractivity contribution in [2.24, 2.45) is 0 Å². The summed E-state index contributed by atoms with van der Waals surface area (Å²) in [5.41, 5.74) is 1.34. The molecule has 0 amide bonds. The molecular weight excluding hydrogens is 250 g/mol. The van der Waals surface area contributed by atoms with Crippen LogP contribution in [0.15, 0.2) is 24.3 Å². The molecule has 1 aliphatic rings. The molecule has 3 heteroatoms. The number of benzene rings is 1. The molecule has 112 valence electrons. The third-order valence-corrected chi connectivity index (χ3v) is 3.93. The molecule has 0 saturated heterocycles. The zero-order valence-corrected chi connectivity index (χ0v) is 12.6. The van der Waals surface area contributed by atoms with Crippen molar-refractivity contribution in [2.75, 3.05) is 26.8 Å². The van der Waals surface area contributed by atoms with Gasteiger partial charge in [-0.2, -0.15) is 0 Å². The fraction of sp³-hybridized carbons (Fsp3) is 0.647. The second-order valence-corrected chi connectivity index (χ2v) is 5.48. The van der Waals surface area contributed by atoms with Crippen molar-refractivity contribution in [3.63, 3.8) is 0 Å². The largest absolute Gasteiger partial charge is 0.497 e. The molecule has 0 unspecified atom stereocenters. The Balaban J connectivity index is 1.50. The highest BCUT2D eigenvalue weighted by Gasteiger charge is 2.12. The maximum Gasteiger partial charge on any atom is 0.118 e. The molecule has 1 fully saturated rings. The van der Waals surface area contributed by atoms with Crippen molar-refractivity contribution in [3.05, 3.63) is 29.8 Å². The molecular formula is C17H27NO2. The molecule has 0 spiro atoms. The van der Waals surface area contributed by atoms with Gasteiger partial charge in [-0.25, -0.2) is 0 Å². The molecule has 0 aromatic heterocycles. The lowest BCUT2D eigenvalue weighted by Crippen LogP contribution is -2.25. The van der Waals surface area contributed by atoms with Crippen LogP contribution in [-0.4, -0.2) is 32.9 Å². The minimum Gasteiger partial charge on any atom is -0.497 e. The Morgan fingerprint density at radius 2 is 1.80 bits per heavy atom. The smallest absolute Gasteiger partial charge is 0.118 e. The predicted molar refractivity (Wildman–Crippen MR) is 82.4 cm³/mol. The van der Waals surface area contributed by atoms with Gasteiger partial charge in [0.05, 0.1) is 19.8 Å². The van der Waals surface area contributed by atoms with Gasteiger partial charge in [-0.05, 0) is 43.5 Å². The van der Waals surface area contributed by atoms with E-state index in [0.717, 1.165) is 31.9 Å². The maximum atomic E-state index is 5.89. The van der Waals surface area contributed by atoms with E-state index in [2.05, 4.69) is 17.4 Å². The zero-order chi connectivity index (χ0) is 14.0. The third-order valence-electron chi connectivity index (χ3n) is 3.93. The molecule has 1 aliphatic carbocycles. The van der Waals surface area contributed by atoms with Crippen LogP contribution in [0.5, 0.6) is 5.75 Å². The Labute approximate surface area is 122 Å².